The lowest BCUT2D eigenvalue weighted by Crippen LogP contribution is -2.17. The number of aliphatic carboxylic acids is 1. The van der Waals surface area contributed by atoms with Crippen LogP contribution in [0.2, 0.25) is 0 Å². The van der Waals surface area contributed by atoms with Crippen molar-refractivity contribution in [3.8, 4) is 5.75 Å². The topological polar surface area (TPSA) is 58.9 Å². The number of carbonyl (C=O) groups is 1. The van der Waals surface area contributed by atoms with Gasteiger partial charge in [-0.25, -0.2) is 0 Å². The van der Waals surface area contributed by atoms with Crippen molar-refractivity contribution in [3.05, 3.63) is 53.1 Å². The zero-order valence-electron chi connectivity index (χ0n) is 16.5. The van der Waals surface area contributed by atoms with Gasteiger partial charge >= 0.3 is 5.97 Å². The number of hydrogen-bond acceptors (Lipinski definition) is 4. The summed E-state index contributed by atoms with van der Waals surface area (Å²) in [6, 6.07) is 6.36. The van der Waals surface area contributed by atoms with E-state index >= 15 is 0 Å². The van der Waals surface area contributed by atoms with E-state index in [9.17, 15) is 4.79 Å². The van der Waals surface area contributed by atoms with Gasteiger partial charge < -0.3 is 9.84 Å². The van der Waals surface area contributed by atoms with E-state index in [0.29, 0.717) is 11.9 Å². The minimum absolute atomic E-state index is 0.0964. The Labute approximate surface area is 181 Å². The molecule has 154 valence electrons. The van der Waals surface area contributed by atoms with Crippen LogP contribution in [-0.4, -0.2) is 39.4 Å². The summed E-state index contributed by atoms with van der Waals surface area (Å²) in [6.07, 6.45) is 10.1. The summed E-state index contributed by atoms with van der Waals surface area (Å²) in [5, 5.41) is 10.7. The third-order valence-electron chi connectivity index (χ3n) is 5.84. The Morgan fingerprint density at radius 2 is 2.28 bits per heavy atom. The monoisotopic (exact) mass is 431 g/mol. The molecule has 2 aliphatic carbocycles. The molecule has 0 saturated heterocycles. The number of rotatable bonds is 7. The first kappa shape index (κ1) is 20.5. The number of benzene rings is 1. The highest BCUT2D eigenvalue weighted by atomic mass is 35.5. The van der Waals surface area contributed by atoms with Crippen molar-refractivity contribution in [3.63, 3.8) is 0 Å². The van der Waals surface area contributed by atoms with Crippen molar-refractivity contribution < 1.29 is 14.6 Å². The number of thioether (sulfide) groups is 1. The van der Waals surface area contributed by atoms with Crippen LogP contribution in [0.25, 0.3) is 0 Å². The van der Waals surface area contributed by atoms with Crippen molar-refractivity contribution in [1.82, 2.24) is 0 Å². The van der Waals surface area contributed by atoms with Crippen LogP contribution in [0.3, 0.4) is 0 Å². The molecule has 1 N–H and O–H groups in total. The van der Waals surface area contributed by atoms with Crippen LogP contribution in [0, 0.1) is 0 Å². The zero-order valence-corrected chi connectivity index (χ0v) is 18.1. The predicted molar refractivity (Wildman–Crippen MR) is 120 cm³/mol. The molecule has 0 radical (unpaired) electrons. The van der Waals surface area contributed by atoms with Gasteiger partial charge in [-0.3, -0.25) is 9.79 Å². The lowest BCUT2D eigenvalue weighted by atomic mass is 9.98. The molecule has 0 amide bonds. The molecule has 1 aromatic carbocycles. The predicted octanol–water partition coefficient (Wildman–Crippen LogP) is 5.36. The average Bonchev–Trinajstić information content (AvgIpc) is 3.25. The fourth-order valence-electron chi connectivity index (χ4n) is 4.23. The van der Waals surface area contributed by atoms with E-state index in [1.54, 1.807) is 0 Å². The summed E-state index contributed by atoms with van der Waals surface area (Å²) in [7, 11) is 0. The number of carboxylic acid groups (broad SMARTS) is 1. The number of halogens is 1. The standard InChI is InChI=1S/C23H26ClNO3S/c1-14-21(25-23(29-14)15-4-6-18(24)7-5-15)10-11-28-19-8-9-20-16(12-19)2-3-17(20)13-22(26)27/h4-6,8-9,12,14,17-18,21H,2-3,7,10-11,13H2,1H3,(H,26,27)/t14?,17-,18?,21?/m0/s1. The first-order valence-corrected chi connectivity index (χ1v) is 11.6. The second kappa shape index (κ2) is 8.97. The molecule has 0 spiro atoms. The molecule has 0 fully saturated rings. The first-order chi connectivity index (χ1) is 14.0. The van der Waals surface area contributed by atoms with Gasteiger partial charge in [0.05, 0.1) is 29.5 Å². The third kappa shape index (κ3) is 4.89. The van der Waals surface area contributed by atoms with Gasteiger partial charge in [-0.05, 0) is 48.4 Å². The SMILES string of the molecule is CC1SC(C2=CCC(Cl)C=C2)=NC1CCOc1ccc2c(c1)CC[C@H]2CC(=O)O. The molecule has 1 aliphatic heterocycles. The maximum absolute atomic E-state index is 11.0. The van der Waals surface area contributed by atoms with Crippen molar-refractivity contribution in [2.75, 3.05) is 6.61 Å². The van der Waals surface area contributed by atoms with Gasteiger partial charge in [0.1, 0.15) is 5.75 Å². The summed E-state index contributed by atoms with van der Waals surface area (Å²) < 4.78 is 6.01. The number of ether oxygens (including phenoxy) is 1. The van der Waals surface area contributed by atoms with Gasteiger partial charge in [0, 0.05) is 17.2 Å². The number of nitrogens with zero attached hydrogens (tertiary/aromatic N) is 1. The summed E-state index contributed by atoms with van der Waals surface area (Å²) in [6.45, 7) is 2.85. The molecule has 4 nitrogen and oxygen atoms in total. The van der Waals surface area contributed by atoms with Crippen LogP contribution in [0.15, 0.2) is 47.0 Å². The molecular weight excluding hydrogens is 406 g/mol. The van der Waals surface area contributed by atoms with Crippen LogP contribution < -0.4 is 4.74 Å². The molecule has 1 heterocycles. The molecule has 0 aromatic heterocycles. The summed E-state index contributed by atoms with van der Waals surface area (Å²) in [5.74, 6) is 0.278. The Balaban J connectivity index is 1.31. The van der Waals surface area contributed by atoms with E-state index < -0.39 is 5.97 Å². The Kier molecular flexibility index (Phi) is 6.35. The van der Waals surface area contributed by atoms with Crippen molar-refractivity contribution in [2.45, 2.75) is 61.6 Å². The minimum Gasteiger partial charge on any atom is -0.494 e. The Bertz CT molecular complexity index is 879. The number of allylic oxidation sites excluding steroid dienone is 3. The van der Waals surface area contributed by atoms with Crippen molar-refractivity contribution >= 4 is 34.4 Å². The third-order valence-corrected chi connectivity index (χ3v) is 7.41. The van der Waals surface area contributed by atoms with Crippen molar-refractivity contribution in [1.29, 1.82) is 0 Å². The van der Waals surface area contributed by atoms with E-state index in [0.717, 1.165) is 36.5 Å². The van der Waals surface area contributed by atoms with E-state index in [1.165, 1.54) is 16.7 Å². The quantitative estimate of drug-likeness (QED) is 0.590. The number of aliphatic imine (C=N–C) groups is 1. The summed E-state index contributed by atoms with van der Waals surface area (Å²) in [4.78, 5) is 15.9. The minimum atomic E-state index is -0.728. The Morgan fingerprint density at radius 1 is 1.41 bits per heavy atom. The van der Waals surface area contributed by atoms with E-state index in [2.05, 4.69) is 25.1 Å². The molecule has 0 bridgehead atoms. The van der Waals surface area contributed by atoms with Crippen LogP contribution in [0.1, 0.15) is 49.7 Å². The Hall–Kier alpha value is -1.72. The summed E-state index contributed by atoms with van der Waals surface area (Å²) in [5.41, 5.74) is 3.59. The number of aryl methyl sites for hydroxylation is 1. The smallest absolute Gasteiger partial charge is 0.303 e. The fourth-order valence-corrected chi connectivity index (χ4v) is 5.58. The van der Waals surface area contributed by atoms with Crippen LogP contribution in [-0.2, 0) is 11.2 Å². The number of fused-ring (bicyclic) bond motifs is 1. The highest BCUT2D eigenvalue weighted by Crippen LogP contribution is 2.38. The van der Waals surface area contributed by atoms with Gasteiger partial charge in [-0.15, -0.1) is 23.4 Å². The second-order valence-electron chi connectivity index (χ2n) is 7.93. The van der Waals surface area contributed by atoms with Crippen LogP contribution >= 0.6 is 23.4 Å². The highest BCUT2D eigenvalue weighted by molar-refractivity contribution is 8.15. The lowest BCUT2D eigenvalue weighted by molar-refractivity contribution is -0.137. The van der Waals surface area contributed by atoms with E-state index in [1.807, 2.05) is 30.0 Å². The first-order valence-electron chi connectivity index (χ1n) is 10.2. The van der Waals surface area contributed by atoms with E-state index in [-0.39, 0.29) is 23.8 Å². The zero-order chi connectivity index (χ0) is 20.4. The van der Waals surface area contributed by atoms with Gasteiger partial charge in [0.15, 0.2) is 0 Å². The van der Waals surface area contributed by atoms with Crippen LogP contribution in [0.5, 0.6) is 5.75 Å². The Morgan fingerprint density at radius 3 is 3.03 bits per heavy atom. The highest BCUT2D eigenvalue weighted by Gasteiger charge is 2.28. The molecule has 0 saturated carbocycles. The van der Waals surface area contributed by atoms with Gasteiger partial charge in [-0.2, -0.15) is 0 Å². The van der Waals surface area contributed by atoms with Gasteiger partial charge in [0.25, 0.3) is 0 Å². The van der Waals surface area contributed by atoms with Gasteiger partial charge in [-0.1, -0.05) is 31.2 Å². The molecule has 6 heteroatoms. The fraction of sp³-hybridized carbons (Fsp3) is 0.478. The maximum atomic E-state index is 11.0. The average molecular weight is 432 g/mol. The summed E-state index contributed by atoms with van der Waals surface area (Å²) >= 11 is 7.95. The number of carboxylic acids is 1. The van der Waals surface area contributed by atoms with E-state index in [4.69, 9.17) is 26.4 Å². The maximum Gasteiger partial charge on any atom is 0.303 e. The van der Waals surface area contributed by atoms with Crippen LogP contribution in [0.4, 0.5) is 0 Å². The molecular formula is C23H26ClNO3S. The van der Waals surface area contributed by atoms with Gasteiger partial charge in [0.2, 0.25) is 0 Å². The number of alkyl halides is 1. The number of hydrogen-bond donors (Lipinski definition) is 1. The molecule has 1 aromatic rings. The molecule has 3 unspecified atom stereocenters. The van der Waals surface area contributed by atoms with Crippen molar-refractivity contribution in [2.24, 2.45) is 4.99 Å². The molecule has 4 atom stereocenters. The second-order valence-corrected chi connectivity index (χ2v) is 9.85. The molecule has 29 heavy (non-hydrogen) atoms. The molecule has 3 aliphatic rings. The normalized spacial score (nSPS) is 28.1. The lowest BCUT2D eigenvalue weighted by Gasteiger charge is -2.14. The largest absolute Gasteiger partial charge is 0.494 e. The molecule has 4 rings (SSSR count).